The van der Waals surface area contributed by atoms with Crippen molar-refractivity contribution in [2.24, 2.45) is 0 Å². The number of amides is 1. The van der Waals surface area contributed by atoms with Crippen LogP contribution in [0.25, 0.3) is 10.2 Å². The van der Waals surface area contributed by atoms with Crippen LogP contribution in [0, 0.1) is 6.92 Å². The number of thiazole rings is 1. The van der Waals surface area contributed by atoms with Crippen molar-refractivity contribution in [3.63, 3.8) is 0 Å². The van der Waals surface area contributed by atoms with E-state index in [0.29, 0.717) is 15.5 Å². The average molecular weight is 487 g/mol. The fraction of sp³-hybridized carbons (Fsp3) is 0.478. The first-order chi connectivity index (χ1) is 15.5. The quantitative estimate of drug-likeness (QED) is 0.383. The number of carbonyl (C=O) groups is 1. The Labute approximate surface area is 199 Å². The van der Waals surface area contributed by atoms with Gasteiger partial charge in [-0.1, -0.05) is 55.4 Å². The van der Waals surface area contributed by atoms with Crippen LogP contribution in [-0.4, -0.2) is 31.4 Å². The van der Waals surface area contributed by atoms with E-state index in [1.165, 1.54) is 35.1 Å². The van der Waals surface area contributed by atoms with Gasteiger partial charge in [-0.05, 0) is 37.5 Å². The van der Waals surface area contributed by atoms with Crippen molar-refractivity contribution < 1.29 is 4.79 Å². The monoisotopic (exact) mass is 486 g/mol. The minimum absolute atomic E-state index is 0.0840. The summed E-state index contributed by atoms with van der Waals surface area (Å²) >= 11 is 4.49. The van der Waals surface area contributed by atoms with E-state index in [0.717, 1.165) is 52.9 Å². The maximum Gasteiger partial charge on any atom is 0.268 e. The molecular formula is C23H26N4O2S3. The van der Waals surface area contributed by atoms with E-state index in [1.54, 1.807) is 11.8 Å². The third kappa shape index (κ3) is 4.47. The lowest BCUT2D eigenvalue weighted by molar-refractivity contribution is -0.113. The molecule has 1 N–H and O–H groups in total. The molecule has 2 aliphatic rings. The molecule has 0 saturated heterocycles. The summed E-state index contributed by atoms with van der Waals surface area (Å²) in [4.78, 5) is 36.3. The number of rotatable bonds is 5. The Hall–Kier alpha value is -1.84. The lowest BCUT2D eigenvalue weighted by Crippen LogP contribution is -2.30. The van der Waals surface area contributed by atoms with Crippen LogP contribution in [-0.2, 0) is 11.2 Å². The van der Waals surface area contributed by atoms with Crippen molar-refractivity contribution in [3.8, 4) is 0 Å². The normalized spacial score (nSPS) is 18.8. The summed E-state index contributed by atoms with van der Waals surface area (Å²) in [6, 6.07) is 6.26. The minimum atomic E-state index is -0.126. The first-order valence-corrected chi connectivity index (χ1v) is 13.8. The van der Waals surface area contributed by atoms with Gasteiger partial charge in [0.15, 0.2) is 10.3 Å². The predicted octanol–water partition coefficient (Wildman–Crippen LogP) is 5.43. The van der Waals surface area contributed by atoms with Gasteiger partial charge in [-0.2, -0.15) is 0 Å². The second-order valence-corrected chi connectivity index (χ2v) is 12.0. The summed E-state index contributed by atoms with van der Waals surface area (Å²) in [5, 5.41) is 4.58. The van der Waals surface area contributed by atoms with Crippen LogP contribution in [0.4, 0.5) is 5.13 Å². The van der Waals surface area contributed by atoms with Crippen LogP contribution in [0.1, 0.15) is 56.3 Å². The van der Waals surface area contributed by atoms with Crippen molar-refractivity contribution in [1.82, 2.24) is 14.5 Å². The fourth-order valence-corrected chi connectivity index (χ4v) is 7.41. The summed E-state index contributed by atoms with van der Waals surface area (Å²) in [6.45, 7) is 4.18. The van der Waals surface area contributed by atoms with Crippen LogP contribution in [0.15, 0.2) is 33.0 Å². The minimum Gasteiger partial charge on any atom is -0.301 e. The smallest absolute Gasteiger partial charge is 0.268 e. The standard InChI is InChI=1S/C23H26N4O2S3/c1-13-8-9-16-18(10-13)32-22(24-16)26-19(28)12-30-23-25-17-11-14(2)31-20(17)21(29)27(23)15-6-4-3-5-7-15/h8-10,14-15H,3-7,11-12H2,1-2H3,(H,24,26,28). The predicted molar refractivity (Wildman–Crippen MR) is 133 cm³/mol. The molecule has 9 heteroatoms. The Morgan fingerprint density at radius 3 is 2.88 bits per heavy atom. The number of hydrogen-bond donors (Lipinski definition) is 1. The van der Waals surface area contributed by atoms with Gasteiger partial charge in [0.2, 0.25) is 5.91 Å². The molecule has 2 aromatic heterocycles. The molecule has 32 heavy (non-hydrogen) atoms. The summed E-state index contributed by atoms with van der Waals surface area (Å²) in [5.41, 5.74) is 3.04. The van der Waals surface area contributed by atoms with Crippen LogP contribution in [0.5, 0.6) is 0 Å². The zero-order valence-corrected chi connectivity index (χ0v) is 20.7. The first kappa shape index (κ1) is 22.0. The van der Waals surface area contributed by atoms with Gasteiger partial charge in [-0.25, -0.2) is 9.97 Å². The van der Waals surface area contributed by atoms with E-state index < -0.39 is 0 Å². The number of thioether (sulfide) groups is 2. The van der Waals surface area contributed by atoms with Crippen molar-refractivity contribution >= 4 is 56.1 Å². The van der Waals surface area contributed by atoms with E-state index in [4.69, 9.17) is 4.98 Å². The van der Waals surface area contributed by atoms with Gasteiger partial charge >= 0.3 is 0 Å². The molecule has 1 aromatic carbocycles. The number of benzene rings is 1. The van der Waals surface area contributed by atoms with Crippen LogP contribution in [0.2, 0.25) is 0 Å². The molecule has 3 heterocycles. The Bertz CT molecular complexity index is 1230. The van der Waals surface area contributed by atoms with Crippen molar-refractivity contribution in [3.05, 3.63) is 39.8 Å². The number of nitrogens with one attached hydrogen (secondary N) is 1. The largest absolute Gasteiger partial charge is 0.301 e. The number of fused-ring (bicyclic) bond motifs is 2. The van der Waals surface area contributed by atoms with Gasteiger partial charge in [0.05, 0.1) is 26.6 Å². The lowest BCUT2D eigenvalue weighted by Gasteiger charge is -2.26. The molecule has 0 bridgehead atoms. The lowest BCUT2D eigenvalue weighted by atomic mass is 9.95. The molecule has 5 rings (SSSR count). The number of carbonyl (C=O) groups excluding carboxylic acids is 1. The van der Waals surface area contributed by atoms with Crippen molar-refractivity contribution in [1.29, 1.82) is 0 Å². The molecule has 168 valence electrons. The highest BCUT2D eigenvalue weighted by Gasteiger charge is 2.29. The van der Waals surface area contributed by atoms with Gasteiger partial charge in [0, 0.05) is 17.7 Å². The number of aromatic nitrogens is 3. The Balaban J connectivity index is 1.35. The summed E-state index contributed by atoms with van der Waals surface area (Å²) in [7, 11) is 0. The van der Waals surface area contributed by atoms with Crippen LogP contribution in [0.3, 0.4) is 0 Å². The molecule has 1 aliphatic carbocycles. The van der Waals surface area contributed by atoms with Gasteiger partial charge in [-0.3, -0.25) is 14.2 Å². The zero-order chi connectivity index (χ0) is 22.2. The van der Waals surface area contributed by atoms with E-state index in [9.17, 15) is 9.59 Å². The van der Waals surface area contributed by atoms with Crippen molar-refractivity contribution in [2.45, 2.75) is 73.7 Å². The number of aryl methyl sites for hydroxylation is 1. The molecule has 1 amide bonds. The van der Waals surface area contributed by atoms with E-state index in [2.05, 4.69) is 23.3 Å². The number of nitrogens with zero attached hydrogens (tertiary/aromatic N) is 3. The van der Waals surface area contributed by atoms with E-state index >= 15 is 0 Å². The van der Waals surface area contributed by atoms with Gasteiger partial charge in [0.25, 0.3) is 5.56 Å². The maximum absolute atomic E-state index is 13.4. The van der Waals surface area contributed by atoms with E-state index in [-0.39, 0.29) is 23.3 Å². The van der Waals surface area contributed by atoms with Gasteiger partial charge in [0.1, 0.15) is 0 Å². The van der Waals surface area contributed by atoms with Gasteiger partial charge in [-0.15, -0.1) is 11.8 Å². The molecule has 1 aliphatic heterocycles. The SMILES string of the molecule is Cc1ccc2nc(NC(=O)CSc3nc4c(c(=O)n3C3CCCCC3)SC(C)C4)sc2c1. The molecule has 1 unspecified atom stereocenters. The van der Waals surface area contributed by atoms with Crippen LogP contribution >= 0.6 is 34.9 Å². The summed E-state index contributed by atoms with van der Waals surface area (Å²) < 4.78 is 2.95. The Morgan fingerprint density at radius 1 is 1.25 bits per heavy atom. The molecular weight excluding hydrogens is 460 g/mol. The average Bonchev–Trinajstić information content (AvgIpc) is 3.34. The molecule has 1 fully saturated rings. The van der Waals surface area contributed by atoms with Crippen LogP contribution < -0.4 is 10.9 Å². The fourth-order valence-electron chi connectivity index (χ4n) is 4.45. The molecule has 6 nitrogen and oxygen atoms in total. The van der Waals surface area contributed by atoms with Gasteiger partial charge < -0.3 is 5.32 Å². The zero-order valence-electron chi connectivity index (χ0n) is 18.2. The highest BCUT2D eigenvalue weighted by atomic mass is 32.2. The van der Waals surface area contributed by atoms with Crippen molar-refractivity contribution in [2.75, 3.05) is 11.1 Å². The first-order valence-electron chi connectivity index (χ1n) is 11.1. The Morgan fingerprint density at radius 2 is 2.06 bits per heavy atom. The third-order valence-electron chi connectivity index (χ3n) is 5.97. The molecule has 3 aromatic rings. The highest BCUT2D eigenvalue weighted by molar-refractivity contribution is 8.00. The molecule has 1 saturated carbocycles. The molecule has 0 radical (unpaired) electrons. The molecule has 1 atom stereocenters. The second kappa shape index (κ2) is 9.19. The molecule has 0 spiro atoms. The summed E-state index contributed by atoms with van der Waals surface area (Å²) in [5.74, 6) is 0.0775. The second-order valence-electron chi connectivity index (χ2n) is 8.60. The van der Waals surface area contributed by atoms with E-state index in [1.807, 2.05) is 23.6 Å². The summed E-state index contributed by atoms with van der Waals surface area (Å²) in [6.07, 6.45) is 6.32. The topological polar surface area (TPSA) is 76.9 Å². The highest BCUT2D eigenvalue weighted by Crippen LogP contribution is 2.37. The number of anilines is 1. The Kier molecular flexibility index (Phi) is 6.31. The number of hydrogen-bond acceptors (Lipinski definition) is 7. The third-order valence-corrected chi connectivity index (χ3v) is 9.08. The maximum atomic E-state index is 13.4.